The van der Waals surface area contributed by atoms with Gasteiger partial charge in [-0.25, -0.2) is 8.42 Å². The third-order valence-corrected chi connectivity index (χ3v) is 5.30. The van der Waals surface area contributed by atoms with Crippen LogP contribution in [0.4, 0.5) is 5.69 Å². The quantitative estimate of drug-likeness (QED) is 0.596. The molecule has 0 bridgehead atoms. The zero-order valence-electron chi connectivity index (χ0n) is 12.2. The predicted molar refractivity (Wildman–Crippen MR) is 93.1 cm³/mol. The Kier molecular flexibility index (Phi) is 3.09. The topological polar surface area (TPSA) is 62.0 Å². The minimum atomic E-state index is -3.67. The summed E-state index contributed by atoms with van der Waals surface area (Å²) in [4.78, 5) is 3.36. The number of hydrogen-bond acceptors (Lipinski definition) is 2. The Labute approximate surface area is 133 Å². The summed E-state index contributed by atoms with van der Waals surface area (Å²) < 4.78 is 28.4. The maximum atomic E-state index is 12.9. The number of nitrogens with one attached hydrogen (secondary N) is 2. The highest BCUT2D eigenvalue weighted by molar-refractivity contribution is 7.93. The van der Waals surface area contributed by atoms with Crippen LogP contribution in [0.1, 0.15) is 0 Å². The average Bonchev–Trinajstić information content (AvgIpc) is 3.04. The van der Waals surface area contributed by atoms with E-state index in [4.69, 9.17) is 0 Å². The second-order valence-corrected chi connectivity index (χ2v) is 6.98. The third kappa shape index (κ3) is 2.35. The molecule has 1 heterocycles. The van der Waals surface area contributed by atoms with E-state index in [1.165, 1.54) is 0 Å². The molecule has 0 atom stereocenters. The van der Waals surface area contributed by atoms with Gasteiger partial charge in [-0.1, -0.05) is 42.5 Å². The van der Waals surface area contributed by atoms with Gasteiger partial charge in [0.25, 0.3) is 10.0 Å². The van der Waals surface area contributed by atoms with Crippen molar-refractivity contribution in [1.29, 1.82) is 0 Å². The first kappa shape index (κ1) is 13.8. The molecule has 0 aliphatic heterocycles. The van der Waals surface area contributed by atoms with Crippen LogP contribution in [0.5, 0.6) is 0 Å². The van der Waals surface area contributed by atoms with Gasteiger partial charge >= 0.3 is 0 Å². The standard InChI is InChI=1S/C18H14N2O2S/c21-23(22,18-10-3-6-13-5-1-2-7-14(13)18)20-17-9-4-8-16-15(17)11-12-19-16/h1-12,19-20H. The predicted octanol–water partition coefficient (Wildman–Crippen LogP) is 4.12. The molecule has 2 N–H and O–H groups in total. The van der Waals surface area contributed by atoms with Crippen LogP contribution in [0.2, 0.25) is 0 Å². The normalized spacial score (nSPS) is 11.8. The summed E-state index contributed by atoms with van der Waals surface area (Å²) in [6, 6.07) is 20.1. The van der Waals surface area contributed by atoms with Crippen LogP contribution in [0.25, 0.3) is 21.7 Å². The van der Waals surface area contributed by atoms with E-state index in [2.05, 4.69) is 9.71 Å². The van der Waals surface area contributed by atoms with E-state index in [-0.39, 0.29) is 4.90 Å². The molecule has 0 fully saturated rings. The molecule has 0 aliphatic rings. The highest BCUT2D eigenvalue weighted by Crippen LogP contribution is 2.28. The fraction of sp³-hybridized carbons (Fsp3) is 0. The van der Waals surface area contributed by atoms with Crippen LogP contribution >= 0.6 is 0 Å². The lowest BCUT2D eigenvalue weighted by Gasteiger charge is -2.11. The average molecular weight is 322 g/mol. The minimum Gasteiger partial charge on any atom is -0.361 e. The lowest BCUT2D eigenvalue weighted by molar-refractivity contribution is 0.602. The molecular formula is C18H14N2O2S. The van der Waals surface area contributed by atoms with E-state index in [1.807, 2.05) is 48.5 Å². The molecule has 1 aromatic heterocycles. The van der Waals surface area contributed by atoms with Crippen molar-refractivity contribution in [2.24, 2.45) is 0 Å². The van der Waals surface area contributed by atoms with Crippen molar-refractivity contribution in [1.82, 2.24) is 4.98 Å². The molecule has 0 saturated carbocycles. The Morgan fingerprint density at radius 1 is 0.783 bits per heavy atom. The van der Waals surface area contributed by atoms with Crippen molar-refractivity contribution < 1.29 is 8.42 Å². The molecule has 0 radical (unpaired) electrons. The molecule has 3 aromatic carbocycles. The van der Waals surface area contributed by atoms with Gasteiger partial charge in [0.15, 0.2) is 0 Å². The fourth-order valence-electron chi connectivity index (χ4n) is 2.80. The van der Waals surface area contributed by atoms with Gasteiger partial charge in [-0.2, -0.15) is 0 Å². The first-order chi connectivity index (χ1) is 11.1. The molecule has 0 amide bonds. The van der Waals surface area contributed by atoms with E-state index in [9.17, 15) is 8.42 Å². The molecule has 4 nitrogen and oxygen atoms in total. The van der Waals surface area contributed by atoms with Crippen molar-refractivity contribution >= 4 is 37.4 Å². The lowest BCUT2D eigenvalue weighted by atomic mass is 10.1. The first-order valence-corrected chi connectivity index (χ1v) is 8.70. The third-order valence-electron chi connectivity index (χ3n) is 3.88. The summed E-state index contributed by atoms with van der Waals surface area (Å²) in [5.74, 6) is 0. The van der Waals surface area contributed by atoms with Gasteiger partial charge in [0, 0.05) is 22.5 Å². The fourth-order valence-corrected chi connectivity index (χ4v) is 4.11. The molecular weight excluding hydrogens is 308 g/mol. The number of sulfonamides is 1. The number of anilines is 1. The highest BCUT2D eigenvalue weighted by Gasteiger charge is 2.18. The number of benzene rings is 3. The molecule has 0 unspecified atom stereocenters. The van der Waals surface area contributed by atoms with Gasteiger partial charge in [-0.3, -0.25) is 4.72 Å². The molecule has 0 spiro atoms. The molecule has 23 heavy (non-hydrogen) atoms. The van der Waals surface area contributed by atoms with E-state index in [0.29, 0.717) is 11.1 Å². The lowest BCUT2D eigenvalue weighted by Crippen LogP contribution is -2.13. The highest BCUT2D eigenvalue weighted by atomic mass is 32.2. The Morgan fingerprint density at radius 3 is 2.48 bits per heavy atom. The van der Waals surface area contributed by atoms with Gasteiger partial charge in [-0.15, -0.1) is 0 Å². The Bertz CT molecular complexity index is 1110. The van der Waals surface area contributed by atoms with Gasteiger partial charge in [-0.05, 0) is 29.7 Å². The van der Waals surface area contributed by atoms with E-state index in [0.717, 1.165) is 16.3 Å². The summed E-state index contributed by atoms with van der Waals surface area (Å²) in [5.41, 5.74) is 1.46. The first-order valence-electron chi connectivity index (χ1n) is 7.22. The largest absolute Gasteiger partial charge is 0.361 e. The maximum absolute atomic E-state index is 12.9. The molecule has 114 valence electrons. The number of H-pyrrole nitrogens is 1. The molecule has 4 rings (SSSR count). The van der Waals surface area contributed by atoms with Gasteiger partial charge < -0.3 is 4.98 Å². The van der Waals surface area contributed by atoms with Crippen LogP contribution < -0.4 is 4.72 Å². The maximum Gasteiger partial charge on any atom is 0.262 e. The summed E-state index contributed by atoms with van der Waals surface area (Å²) >= 11 is 0. The zero-order valence-corrected chi connectivity index (χ0v) is 13.0. The van der Waals surface area contributed by atoms with Crippen LogP contribution in [0, 0.1) is 0 Å². The van der Waals surface area contributed by atoms with Crippen LogP contribution in [-0.4, -0.2) is 13.4 Å². The van der Waals surface area contributed by atoms with E-state index in [1.54, 1.807) is 24.4 Å². The number of hydrogen-bond donors (Lipinski definition) is 2. The number of fused-ring (bicyclic) bond motifs is 2. The Hall–Kier alpha value is -2.79. The van der Waals surface area contributed by atoms with Crippen molar-refractivity contribution in [3.8, 4) is 0 Å². The van der Waals surface area contributed by atoms with Crippen molar-refractivity contribution in [2.75, 3.05) is 4.72 Å². The minimum absolute atomic E-state index is 0.281. The number of aromatic nitrogens is 1. The second-order valence-electron chi connectivity index (χ2n) is 5.33. The Morgan fingerprint density at radius 2 is 1.57 bits per heavy atom. The van der Waals surface area contributed by atoms with Gasteiger partial charge in [0.1, 0.15) is 0 Å². The van der Waals surface area contributed by atoms with Crippen LogP contribution in [0.15, 0.2) is 77.8 Å². The smallest absolute Gasteiger partial charge is 0.262 e. The van der Waals surface area contributed by atoms with E-state index < -0.39 is 10.0 Å². The van der Waals surface area contributed by atoms with Crippen molar-refractivity contribution in [3.05, 3.63) is 72.9 Å². The summed E-state index contributed by atoms with van der Waals surface area (Å²) in [5, 5.41) is 2.45. The van der Waals surface area contributed by atoms with Gasteiger partial charge in [0.05, 0.1) is 10.6 Å². The SMILES string of the molecule is O=S(=O)(Nc1cccc2[nH]ccc12)c1cccc2ccccc12. The Balaban J connectivity index is 1.86. The number of rotatable bonds is 3. The number of aromatic amines is 1. The monoisotopic (exact) mass is 322 g/mol. The summed E-state index contributed by atoms with van der Waals surface area (Å²) in [7, 11) is -3.67. The molecule has 4 aromatic rings. The zero-order chi connectivity index (χ0) is 15.9. The molecule has 0 saturated heterocycles. The van der Waals surface area contributed by atoms with Crippen LogP contribution in [-0.2, 0) is 10.0 Å². The summed E-state index contributed by atoms with van der Waals surface area (Å²) in [6.45, 7) is 0. The van der Waals surface area contributed by atoms with Crippen molar-refractivity contribution in [2.45, 2.75) is 4.90 Å². The second kappa shape index (κ2) is 5.14. The van der Waals surface area contributed by atoms with Crippen molar-refractivity contribution in [3.63, 3.8) is 0 Å². The van der Waals surface area contributed by atoms with E-state index >= 15 is 0 Å². The molecule has 5 heteroatoms. The molecule has 0 aliphatic carbocycles. The van der Waals surface area contributed by atoms with Gasteiger partial charge in [0.2, 0.25) is 0 Å². The van der Waals surface area contributed by atoms with Crippen LogP contribution in [0.3, 0.4) is 0 Å². The summed E-state index contributed by atoms with van der Waals surface area (Å²) in [6.07, 6.45) is 1.79.